The van der Waals surface area contributed by atoms with Crippen molar-refractivity contribution in [3.8, 4) is 0 Å². The first-order valence-corrected chi connectivity index (χ1v) is 10.2. The van der Waals surface area contributed by atoms with Crippen LogP contribution in [0.4, 0.5) is 0 Å². The second-order valence-corrected chi connectivity index (χ2v) is 7.66. The largest absolute Gasteiger partial charge is 0.379 e. The Kier molecular flexibility index (Phi) is 7.50. The molecule has 2 aliphatic rings. The molecule has 0 aromatic heterocycles. The molecule has 2 saturated heterocycles. The van der Waals surface area contributed by atoms with Gasteiger partial charge in [-0.25, -0.2) is 4.99 Å². The number of hydrogen-bond acceptors (Lipinski definition) is 4. The summed E-state index contributed by atoms with van der Waals surface area (Å²) >= 11 is 0. The summed E-state index contributed by atoms with van der Waals surface area (Å²) in [6.45, 7) is 12.2. The lowest BCUT2D eigenvalue weighted by atomic mass is 10.0. The summed E-state index contributed by atoms with van der Waals surface area (Å²) in [5, 5.41) is 6.76. The van der Waals surface area contributed by atoms with Gasteiger partial charge in [-0.1, -0.05) is 24.3 Å². The van der Waals surface area contributed by atoms with Crippen molar-refractivity contribution in [3.05, 3.63) is 35.4 Å². The molecule has 0 spiro atoms. The van der Waals surface area contributed by atoms with E-state index in [1.165, 1.54) is 11.1 Å². The van der Waals surface area contributed by atoms with E-state index in [2.05, 4.69) is 53.6 Å². The minimum Gasteiger partial charge on any atom is -0.379 e. The molecule has 27 heavy (non-hydrogen) atoms. The molecule has 1 aromatic rings. The monoisotopic (exact) mass is 374 g/mol. The molecule has 0 radical (unpaired) electrons. The van der Waals surface area contributed by atoms with Gasteiger partial charge in [-0.2, -0.15) is 0 Å². The number of aliphatic imine (C=N–C) groups is 1. The summed E-state index contributed by atoms with van der Waals surface area (Å²) in [5.74, 6) is 0.853. The third-order valence-corrected chi connectivity index (χ3v) is 5.23. The summed E-state index contributed by atoms with van der Waals surface area (Å²) < 4.78 is 11.3. The summed E-state index contributed by atoms with van der Waals surface area (Å²) in [4.78, 5) is 7.17. The van der Waals surface area contributed by atoms with Crippen molar-refractivity contribution >= 4 is 5.96 Å². The van der Waals surface area contributed by atoms with Gasteiger partial charge in [-0.3, -0.25) is 4.90 Å². The van der Waals surface area contributed by atoms with Crippen molar-refractivity contribution in [2.24, 2.45) is 4.99 Å². The van der Waals surface area contributed by atoms with E-state index < -0.39 is 0 Å². The Bertz CT molecular complexity index is 591. The van der Waals surface area contributed by atoms with Crippen molar-refractivity contribution in [1.29, 1.82) is 0 Å². The first kappa shape index (κ1) is 20.1. The van der Waals surface area contributed by atoms with Gasteiger partial charge in [0.05, 0.1) is 25.4 Å². The molecule has 2 heterocycles. The van der Waals surface area contributed by atoms with E-state index in [4.69, 9.17) is 14.5 Å². The fourth-order valence-electron chi connectivity index (χ4n) is 3.53. The van der Waals surface area contributed by atoms with Crippen LogP contribution in [0, 0.1) is 0 Å². The molecule has 0 bridgehead atoms. The molecule has 1 unspecified atom stereocenters. The van der Waals surface area contributed by atoms with E-state index >= 15 is 0 Å². The smallest absolute Gasteiger partial charge is 0.191 e. The van der Waals surface area contributed by atoms with Gasteiger partial charge in [-0.05, 0) is 37.8 Å². The number of rotatable bonds is 7. The van der Waals surface area contributed by atoms with Crippen LogP contribution in [0.5, 0.6) is 0 Å². The molecule has 150 valence electrons. The molecule has 6 nitrogen and oxygen atoms in total. The molecule has 0 aliphatic carbocycles. The van der Waals surface area contributed by atoms with E-state index in [1.807, 2.05) is 0 Å². The molecule has 3 rings (SSSR count). The van der Waals surface area contributed by atoms with Gasteiger partial charge in [0.15, 0.2) is 5.96 Å². The predicted octanol–water partition coefficient (Wildman–Crippen LogP) is 2.14. The maximum absolute atomic E-state index is 5.85. The first-order chi connectivity index (χ1) is 13.2. The van der Waals surface area contributed by atoms with Crippen LogP contribution in [-0.4, -0.2) is 62.5 Å². The maximum Gasteiger partial charge on any atom is 0.191 e. The van der Waals surface area contributed by atoms with Crippen molar-refractivity contribution in [2.45, 2.75) is 45.4 Å². The van der Waals surface area contributed by atoms with Gasteiger partial charge in [0.25, 0.3) is 0 Å². The Morgan fingerprint density at radius 3 is 2.52 bits per heavy atom. The Morgan fingerprint density at radius 2 is 1.85 bits per heavy atom. The number of ether oxygens (including phenoxy) is 2. The van der Waals surface area contributed by atoms with Gasteiger partial charge in [0, 0.05) is 39.3 Å². The van der Waals surface area contributed by atoms with E-state index in [-0.39, 0.29) is 5.60 Å². The van der Waals surface area contributed by atoms with Gasteiger partial charge < -0.3 is 20.1 Å². The molecule has 0 saturated carbocycles. The van der Waals surface area contributed by atoms with E-state index in [1.54, 1.807) is 0 Å². The Balaban J connectivity index is 1.50. The highest BCUT2D eigenvalue weighted by atomic mass is 16.5. The van der Waals surface area contributed by atoms with Crippen LogP contribution < -0.4 is 10.6 Å². The van der Waals surface area contributed by atoms with Crippen molar-refractivity contribution < 1.29 is 9.47 Å². The first-order valence-electron chi connectivity index (χ1n) is 10.2. The predicted molar refractivity (Wildman–Crippen MR) is 109 cm³/mol. The highest BCUT2D eigenvalue weighted by Gasteiger charge is 2.29. The summed E-state index contributed by atoms with van der Waals surface area (Å²) in [6.07, 6.45) is 2.24. The van der Waals surface area contributed by atoms with Gasteiger partial charge >= 0.3 is 0 Å². The lowest BCUT2D eigenvalue weighted by Gasteiger charge is -2.26. The lowest BCUT2D eigenvalue weighted by molar-refractivity contribution is 0.0243. The highest BCUT2D eigenvalue weighted by Crippen LogP contribution is 2.23. The zero-order chi connectivity index (χ0) is 19.0. The standard InChI is InChI=1S/C21H34N4O2/c1-3-22-20(24-17-21(2)9-4-12-27-21)23-15-18-5-7-19(8-6-18)16-25-10-13-26-14-11-25/h5-8H,3-4,9-17H2,1-2H3,(H2,22,23,24). The Hall–Kier alpha value is -1.63. The fourth-order valence-corrected chi connectivity index (χ4v) is 3.53. The van der Waals surface area contributed by atoms with Crippen LogP contribution in [0.1, 0.15) is 37.8 Å². The number of nitrogens with zero attached hydrogens (tertiary/aromatic N) is 2. The van der Waals surface area contributed by atoms with Crippen LogP contribution in [0.2, 0.25) is 0 Å². The molecule has 1 aromatic carbocycles. The van der Waals surface area contributed by atoms with Crippen LogP contribution in [0.3, 0.4) is 0 Å². The molecule has 1 atom stereocenters. The normalized spacial score (nSPS) is 24.1. The average molecular weight is 375 g/mol. The fraction of sp³-hybridized carbons (Fsp3) is 0.667. The van der Waals surface area contributed by atoms with E-state index in [9.17, 15) is 0 Å². The quantitative estimate of drug-likeness (QED) is 0.566. The van der Waals surface area contributed by atoms with Crippen LogP contribution in [0.25, 0.3) is 0 Å². The van der Waals surface area contributed by atoms with Crippen LogP contribution >= 0.6 is 0 Å². The number of nitrogens with one attached hydrogen (secondary N) is 2. The summed E-state index contributed by atoms with van der Waals surface area (Å²) in [5.41, 5.74) is 2.50. The lowest BCUT2D eigenvalue weighted by Crippen LogP contribution is -2.45. The zero-order valence-electron chi connectivity index (χ0n) is 16.8. The van der Waals surface area contributed by atoms with Crippen LogP contribution in [0.15, 0.2) is 29.3 Å². The number of hydrogen-bond donors (Lipinski definition) is 2. The molecule has 0 amide bonds. The van der Waals surface area contributed by atoms with Crippen molar-refractivity contribution in [1.82, 2.24) is 15.5 Å². The average Bonchev–Trinajstić information content (AvgIpc) is 3.13. The van der Waals surface area contributed by atoms with Crippen molar-refractivity contribution in [2.75, 3.05) is 46.0 Å². The number of morpholine rings is 1. The number of guanidine groups is 1. The minimum atomic E-state index is -0.0721. The van der Waals surface area contributed by atoms with E-state index in [0.29, 0.717) is 6.54 Å². The van der Waals surface area contributed by atoms with Gasteiger partial charge in [0.1, 0.15) is 0 Å². The molecular formula is C21H34N4O2. The van der Waals surface area contributed by atoms with Gasteiger partial charge in [-0.15, -0.1) is 0 Å². The molecular weight excluding hydrogens is 340 g/mol. The molecule has 6 heteroatoms. The number of benzene rings is 1. The second-order valence-electron chi connectivity index (χ2n) is 7.66. The highest BCUT2D eigenvalue weighted by molar-refractivity contribution is 5.79. The SMILES string of the molecule is CCNC(=NCc1ccc(CN2CCOCC2)cc1)NCC1(C)CCCO1. The van der Waals surface area contributed by atoms with Crippen molar-refractivity contribution in [3.63, 3.8) is 0 Å². The second kappa shape index (κ2) is 10.1. The minimum absolute atomic E-state index is 0.0721. The van der Waals surface area contributed by atoms with Gasteiger partial charge in [0.2, 0.25) is 0 Å². The van der Waals surface area contributed by atoms with E-state index in [0.717, 1.165) is 71.3 Å². The zero-order valence-corrected chi connectivity index (χ0v) is 16.8. The topological polar surface area (TPSA) is 58.1 Å². The molecule has 2 fully saturated rings. The van der Waals surface area contributed by atoms with Crippen LogP contribution in [-0.2, 0) is 22.6 Å². The third-order valence-electron chi connectivity index (χ3n) is 5.23. The molecule has 2 N–H and O–H groups in total. The Morgan fingerprint density at radius 1 is 1.11 bits per heavy atom. The Labute approximate surface area is 163 Å². The summed E-state index contributed by atoms with van der Waals surface area (Å²) in [6, 6.07) is 8.80. The third kappa shape index (κ3) is 6.48. The molecule has 2 aliphatic heterocycles. The summed E-state index contributed by atoms with van der Waals surface area (Å²) in [7, 11) is 0. The maximum atomic E-state index is 5.85.